The molecule has 32 heavy (non-hydrogen) atoms. The first-order valence-corrected chi connectivity index (χ1v) is 11.0. The Morgan fingerprint density at radius 3 is 2.41 bits per heavy atom. The minimum atomic E-state index is -1.06. The Kier molecular flexibility index (Phi) is 7.35. The van der Waals surface area contributed by atoms with Crippen LogP contribution in [0, 0.1) is 11.6 Å². The number of carboxylic acids is 1. The fraction of sp³-hybridized carbons (Fsp3) is 0.250. The molecular weight excluding hydrogens is 434 g/mol. The summed E-state index contributed by atoms with van der Waals surface area (Å²) in [6.45, 7) is 3.81. The number of carboxylic acid groups (broad SMARTS) is 1. The van der Waals surface area contributed by atoms with E-state index in [1.807, 2.05) is 6.92 Å². The second-order valence-corrected chi connectivity index (χ2v) is 8.62. The summed E-state index contributed by atoms with van der Waals surface area (Å²) in [5.74, 6) is -1.64. The summed E-state index contributed by atoms with van der Waals surface area (Å²) >= 11 is 1.36. The molecule has 2 aromatic carbocycles. The molecule has 0 bridgehead atoms. The molecule has 8 heteroatoms. The summed E-state index contributed by atoms with van der Waals surface area (Å²) in [6.07, 6.45) is 1.09. The number of carbonyl (C=O) groups is 2. The molecule has 1 atom stereocenters. The van der Waals surface area contributed by atoms with Crippen LogP contribution in [-0.4, -0.2) is 45.7 Å². The maximum Gasteiger partial charge on any atom is 0.338 e. The largest absolute Gasteiger partial charge is 0.478 e. The van der Waals surface area contributed by atoms with Gasteiger partial charge < -0.3 is 14.9 Å². The Bertz CT molecular complexity index is 1080. The molecule has 168 valence electrons. The summed E-state index contributed by atoms with van der Waals surface area (Å²) in [5, 5.41) is 10.4. The van der Waals surface area contributed by atoms with E-state index in [2.05, 4.69) is 0 Å². The van der Waals surface area contributed by atoms with Crippen LogP contribution in [-0.2, 0) is 11.3 Å². The van der Waals surface area contributed by atoms with E-state index in [0.29, 0.717) is 27.5 Å². The molecule has 1 heterocycles. The number of nitrogens with zero attached hydrogens (tertiary/aromatic N) is 2. The predicted molar refractivity (Wildman–Crippen MR) is 121 cm³/mol. The highest BCUT2D eigenvalue weighted by atomic mass is 32.2. The van der Waals surface area contributed by atoms with Gasteiger partial charge in [0.15, 0.2) is 0 Å². The highest BCUT2D eigenvalue weighted by Crippen LogP contribution is 2.37. The Labute approximate surface area is 190 Å². The molecule has 0 aliphatic carbocycles. The lowest BCUT2D eigenvalue weighted by molar-refractivity contribution is -0.132. The number of carbonyl (C=O) groups excluding carboxylic acids is 1. The van der Waals surface area contributed by atoms with Crippen molar-refractivity contribution in [3.05, 3.63) is 93.5 Å². The summed E-state index contributed by atoms with van der Waals surface area (Å²) < 4.78 is 27.1. The molecule has 3 rings (SSSR count). The zero-order valence-corrected chi connectivity index (χ0v) is 18.8. The molecule has 0 saturated heterocycles. The van der Waals surface area contributed by atoms with E-state index in [-0.39, 0.29) is 18.0 Å². The van der Waals surface area contributed by atoms with Crippen LogP contribution in [0.25, 0.3) is 0 Å². The lowest BCUT2D eigenvalue weighted by Crippen LogP contribution is -2.49. The zero-order chi connectivity index (χ0) is 23.4. The van der Waals surface area contributed by atoms with Crippen molar-refractivity contribution >= 4 is 23.6 Å². The van der Waals surface area contributed by atoms with Gasteiger partial charge in [0.1, 0.15) is 17.8 Å². The Balaban J connectivity index is 2.06. The van der Waals surface area contributed by atoms with Crippen molar-refractivity contribution in [3.8, 4) is 0 Å². The maximum atomic E-state index is 13.8. The average Bonchev–Trinajstić information content (AvgIpc) is 2.75. The average molecular weight is 459 g/mol. The van der Waals surface area contributed by atoms with Crippen molar-refractivity contribution in [2.75, 3.05) is 12.8 Å². The van der Waals surface area contributed by atoms with Gasteiger partial charge in [-0.15, -0.1) is 11.8 Å². The van der Waals surface area contributed by atoms with Crippen molar-refractivity contribution in [2.24, 2.45) is 0 Å². The first-order chi connectivity index (χ1) is 15.2. The van der Waals surface area contributed by atoms with E-state index in [1.165, 1.54) is 53.1 Å². The van der Waals surface area contributed by atoms with Crippen LogP contribution in [0.4, 0.5) is 8.78 Å². The number of aliphatic carboxylic acids is 1. The molecule has 0 radical (unpaired) electrons. The normalized spacial score (nSPS) is 16.1. The SMILES string of the molecule is CCSC1=C(C(=O)O)C(C)=CC(N(C)C(=O)c2ccc(F)cc2)N1Cc1cccc(F)c1. The zero-order valence-electron chi connectivity index (χ0n) is 18.0. The van der Waals surface area contributed by atoms with Gasteiger partial charge in [0.25, 0.3) is 5.91 Å². The Hall–Kier alpha value is -3.13. The van der Waals surface area contributed by atoms with E-state index in [0.717, 1.165) is 0 Å². The quantitative estimate of drug-likeness (QED) is 0.641. The van der Waals surface area contributed by atoms with Gasteiger partial charge in [-0.05, 0) is 66.3 Å². The van der Waals surface area contributed by atoms with Crippen LogP contribution in [0.15, 0.2) is 70.8 Å². The lowest BCUT2D eigenvalue weighted by atomic mass is 10.0. The molecule has 2 aromatic rings. The number of hydrogen-bond donors (Lipinski definition) is 1. The number of likely N-dealkylation sites (N-methyl/N-ethyl adjacent to an activating group) is 1. The molecule has 1 aliphatic rings. The summed E-state index contributed by atoms with van der Waals surface area (Å²) in [4.78, 5) is 28.5. The summed E-state index contributed by atoms with van der Waals surface area (Å²) in [5.41, 5.74) is 1.65. The van der Waals surface area contributed by atoms with E-state index in [1.54, 1.807) is 37.1 Å². The highest BCUT2D eigenvalue weighted by molar-refractivity contribution is 8.03. The van der Waals surface area contributed by atoms with Crippen LogP contribution in [0.2, 0.25) is 0 Å². The molecule has 0 fully saturated rings. The van der Waals surface area contributed by atoms with Gasteiger partial charge >= 0.3 is 5.97 Å². The maximum absolute atomic E-state index is 13.8. The third-order valence-corrected chi connectivity index (χ3v) is 6.13. The first kappa shape index (κ1) is 23.5. The van der Waals surface area contributed by atoms with Gasteiger partial charge in [0.2, 0.25) is 0 Å². The molecule has 1 amide bonds. The van der Waals surface area contributed by atoms with Crippen LogP contribution in [0.3, 0.4) is 0 Å². The van der Waals surface area contributed by atoms with Crippen molar-refractivity contribution in [1.29, 1.82) is 0 Å². The van der Waals surface area contributed by atoms with Crippen molar-refractivity contribution < 1.29 is 23.5 Å². The molecule has 5 nitrogen and oxygen atoms in total. The first-order valence-electron chi connectivity index (χ1n) is 10.1. The summed E-state index contributed by atoms with van der Waals surface area (Å²) in [6, 6.07) is 11.3. The standard InChI is InChI=1S/C24H24F2N2O3S/c1-4-32-23-21(24(30)31)15(2)12-20(28(23)14-16-6-5-7-19(26)13-16)27(3)22(29)17-8-10-18(25)11-9-17/h5-13,20H,4,14H2,1-3H3,(H,30,31). The van der Waals surface area contributed by atoms with Crippen LogP contribution < -0.4 is 0 Å². The molecule has 0 aromatic heterocycles. The second kappa shape index (κ2) is 9.99. The fourth-order valence-electron chi connectivity index (χ4n) is 3.62. The molecule has 0 saturated carbocycles. The molecule has 1 N–H and O–H groups in total. The highest BCUT2D eigenvalue weighted by Gasteiger charge is 2.35. The van der Waals surface area contributed by atoms with E-state index < -0.39 is 23.8 Å². The minimum Gasteiger partial charge on any atom is -0.478 e. The van der Waals surface area contributed by atoms with Gasteiger partial charge in [0, 0.05) is 19.2 Å². The third-order valence-electron chi connectivity index (χ3n) is 5.13. The van der Waals surface area contributed by atoms with Gasteiger partial charge in [-0.2, -0.15) is 0 Å². The second-order valence-electron chi connectivity index (χ2n) is 7.36. The monoisotopic (exact) mass is 458 g/mol. The molecule has 0 spiro atoms. The number of thioether (sulfide) groups is 1. The van der Waals surface area contributed by atoms with Gasteiger partial charge in [-0.3, -0.25) is 4.79 Å². The van der Waals surface area contributed by atoms with E-state index in [4.69, 9.17) is 0 Å². The van der Waals surface area contributed by atoms with Crippen molar-refractivity contribution in [3.63, 3.8) is 0 Å². The smallest absolute Gasteiger partial charge is 0.338 e. The number of benzene rings is 2. The predicted octanol–water partition coefficient (Wildman–Crippen LogP) is 4.87. The number of amides is 1. The summed E-state index contributed by atoms with van der Waals surface area (Å²) in [7, 11) is 1.61. The number of rotatable bonds is 7. The Morgan fingerprint density at radius 1 is 1.12 bits per heavy atom. The van der Waals surface area contributed by atoms with E-state index in [9.17, 15) is 23.5 Å². The van der Waals surface area contributed by atoms with Crippen molar-refractivity contribution in [2.45, 2.75) is 26.6 Å². The van der Waals surface area contributed by atoms with E-state index >= 15 is 0 Å². The molecular formula is C24H24F2N2O3S. The van der Waals surface area contributed by atoms with Gasteiger partial charge in [-0.1, -0.05) is 19.1 Å². The lowest BCUT2D eigenvalue weighted by Gasteiger charge is -2.42. The van der Waals surface area contributed by atoms with Crippen molar-refractivity contribution in [1.82, 2.24) is 9.80 Å². The van der Waals surface area contributed by atoms with Crippen LogP contribution >= 0.6 is 11.8 Å². The topological polar surface area (TPSA) is 60.9 Å². The third kappa shape index (κ3) is 5.02. The van der Waals surface area contributed by atoms with Gasteiger partial charge in [-0.25, -0.2) is 13.6 Å². The Morgan fingerprint density at radius 2 is 1.81 bits per heavy atom. The molecule has 1 unspecified atom stereocenters. The minimum absolute atomic E-state index is 0.159. The number of halogens is 2. The number of hydrogen-bond acceptors (Lipinski definition) is 4. The van der Waals surface area contributed by atoms with Crippen LogP contribution in [0.5, 0.6) is 0 Å². The van der Waals surface area contributed by atoms with Crippen LogP contribution in [0.1, 0.15) is 29.8 Å². The molecule has 1 aliphatic heterocycles. The fourth-order valence-corrected chi connectivity index (χ4v) is 4.62. The van der Waals surface area contributed by atoms with Gasteiger partial charge in [0.05, 0.1) is 10.6 Å².